The Balaban J connectivity index is 1.46. The third-order valence-electron chi connectivity index (χ3n) is 5.35. The van der Waals surface area contributed by atoms with Gasteiger partial charge in [0.1, 0.15) is 19.0 Å². The second kappa shape index (κ2) is 12.5. The Hall–Kier alpha value is -3.28. The number of imide groups is 1. The van der Waals surface area contributed by atoms with E-state index in [2.05, 4.69) is 21.2 Å². The van der Waals surface area contributed by atoms with Gasteiger partial charge >= 0.3 is 0 Å². The van der Waals surface area contributed by atoms with Crippen molar-refractivity contribution in [1.82, 2.24) is 4.90 Å². The van der Waals surface area contributed by atoms with Crippen LogP contribution < -0.4 is 14.8 Å². The van der Waals surface area contributed by atoms with Gasteiger partial charge in [-0.1, -0.05) is 18.2 Å². The Bertz CT molecular complexity index is 1430. The van der Waals surface area contributed by atoms with Gasteiger partial charge in [0.2, 0.25) is 5.91 Å². The van der Waals surface area contributed by atoms with Gasteiger partial charge in [0.25, 0.3) is 11.1 Å². The Morgan fingerprint density at radius 1 is 1.16 bits per heavy atom. The summed E-state index contributed by atoms with van der Waals surface area (Å²) in [6.45, 7) is -0.278. The molecule has 3 aromatic rings. The van der Waals surface area contributed by atoms with Crippen molar-refractivity contribution in [2.45, 2.75) is 11.5 Å². The molecule has 0 saturated carbocycles. The predicted octanol–water partition coefficient (Wildman–Crippen LogP) is 6.57. The first-order valence-electron chi connectivity index (χ1n) is 11.2. The van der Waals surface area contributed by atoms with Crippen molar-refractivity contribution >= 4 is 68.3 Å². The van der Waals surface area contributed by atoms with E-state index in [9.17, 15) is 18.8 Å². The molecule has 3 aromatic carbocycles. The second-order valence-corrected chi connectivity index (χ2v) is 10.7. The fourth-order valence-electron chi connectivity index (χ4n) is 3.58. The summed E-state index contributed by atoms with van der Waals surface area (Å²) in [5, 5.41) is 2.19. The van der Waals surface area contributed by atoms with Crippen LogP contribution in [0.15, 0.2) is 74.9 Å². The van der Waals surface area contributed by atoms with E-state index in [1.54, 1.807) is 36.4 Å². The molecular weight excluding hydrogens is 595 g/mol. The van der Waals surface area contributed by atoms with Crippen LogP contribution in [-0.2, 0) is 16.2 Å². The van der Waals surface area contributed by atoms with Gasteiger partial charge < -0.3 is 14.8 Å². The molecule has 0 radical (unpaired) electrons. The molecule has 0 spiro atoms. The molecule has 1 aliphatic heterocycles. The van der Waals surface area contributed by atoms with Gasteiger partial charge in [0.05, 0.1) is 16.5 Å². The third kappa shape index (κ3) is 6.77. The quantitative estimate of drug-likeness (QED) is 0.215. The van der Waals surface area contributed by atoms with Crippen molar-refractivity contribution in [3.05, 3.63) is 87.0 Å². The molecule has 11 heteroatoms. The van der Waals surface area contributed by atoms with Gasteiger partial charge in [-0.25, -0.2) is 4.39 Å². The molecule has 1 heterocycles. The highest BCUT2D eigenvalue weighted by Gasteiger charge is 2.36. The predicted molar refractivity (Wildman–Crippen MR) is 151 cm³/mol. The first-order valence-corrected chi connectivity index (χ1v) is 14.0. The van der Waals surface area contributed by atoms with Gasteiger partial charge in [-0.15, -0.1) is 11.8 Å². The van der Waals surface area contributed by atoms with Gasteiger partial charge in [0, 0.05) is 10.6 Å². The minimum absolute atomic E-state index is 0.120. The van der Waals surface area contributed by atoms with Crippen molar-refractivity contribution in [3.8, 4) is 11.5 Å². The van der Waals surface area contributed by atoms with E-state index in [0.717, 1.165) is 21.6 Å². The molecule has 1 saturated heterocycles. The molecular formula is C27H22BrFN2O5S2. The zero-order valence-electron chi connectivity index (χ0n) is 20.3. The molecule has 7 nitrogen and oxygen atoms in total. The molecule has 0 unspecified atom stereocenters. The number of benzene rings is 3. The van der Waals surface area contributed by atoms with E-state index in [1.807, 2.05) is 24.5 Å². The summed E-state index contributed by atoms with van der Waals surface area (Å²) in [7, 11) is 1.47. The molecule has 1 aliphatic rings. The molecule has 196 valence electrons. The van der Waals surface area contributed by atoms with Crippen LogP contribution in [0.3, 0.4) is 0 Å². The van der Waals surface area contributed by atoms with Crippen LogP contribution in [-0.4, -0.2) is 41.9 Å². The standard InChI is InChI=1S/C27H22BrFN2O5S2/c1-35-22-11-17(10-21(28)25(22)36-15-16-5-3-6-18(29)9-16)12-23-26(33)31(27(34)38-23)14-24(32)30-19-7-4-8-20(13-19)37-2/h3-13H,14-15H2,1-2H3,(H,30,32)/b23-12+. The molecule has 38 heavy (non-hydrogen) atoms. The van der Waals surface area contributed by atoms with Crippen molar-refractivity contribution < 1.29 is 28.2 Å². The van der Waals surface area contributed by atoms with E-state index in [0.29, 0.717) is 32.8 Å². The van der Waals surface area contributed by atoms with Gasteiger partial charge in [-0.05, 0) is 93.6 Å². The summed E-state index contributed by atoms with van der Waals surface area (Å²) in [6.07, 6.45) is 3.48. The van der Waals surface area contributed by atoms with Crippen LogP contribution in [0.5, 0.6) is 11.5 Å². The monoisotopic (exact) mass is 616 g/mol. The lowest BCUT2D eigenvalue weighted by molar-refractivity contribution is -0.127. The molecule has 3 amide bonds. The number of nitrogens with one attached hydrogen (secondary N) is 1. The zero-order valence-corrected chi connectivity index (χ0v) is 23.5. The van der Waals surface area contributed by atoms with Crippen molar-refractivity contribution in [2.75, 3.05) is 25.2 Å². The summed E-state index contributed by atoms with van der Waals surface area (Å²) in [6, 6.07) is 16.7. The number of nitrogens with zero attached hydrogens (tertiary/aromatic N) is 1. The number of rotatable bonds is 9. The molecule has 4 rings (SSSR count). The van der Waals surface area contributed by atoms with Crippen LogP contribution in [0.4, 0.5) is 14.9 Å². The Labute approximate surface area is 235 Å². The average molecular weight is 618 g/mol. The highest BCUT2D eigenvalue weighted by atomic mass is 79.9. The smallest absolute Gasteiger partial charge is 0.294 e. The molecule has 1 N–H and O–H groups in total. The first kappa shape index (κ1) is 27.7. The fraction of sp³-hybridized carbons (Fsp3) is 0.148. The largest absolute Gasteiger partial charge is 0.493 e. The first-order chi connectivity index (χ1) is 18.3. The molecule has 0 aliphatic carbocycles. The lowest BCUT2D eigenvalue weighted by atomic mass is 10.1. The zero-order chi connectivity index (χ0) is 27.2. The lowest BCUT2D eigenvalue weighted by Crippen LogP contribution is -2.36. The van der Waals surface area contributed by atoms with Gasteiger partial charge in [-0.2, -0.15) is 0 Å². The number of hydrogen-bond acceptors (Lipinski definition) is 7. The second-order valence-electron chi connectivity index (χ2n) is 8.00. The number of thioether (sulfide) groups is 2. The van der Waals surface area contributed by atoms with Crippen LogP contribution in [0.2, 0.25) is 0 Å². The highest BCUT2D eigenvalue weighted by Crippen LogP contribution is 2.39. The number of amides is 3. The molecule has 0 bridgehead atoms. The topological polar surface area (TPSA) is 84.9 Å². The van der Waals surface area contributed by atoms with E-state index in [-0.39, 0.29) is 17.3 Å². The van der Waals surface area contributed by atoms with Gasteiger partial charge in [-0.3, -0.25) is 19.3 Å². The maximum Gasteiger partial charge on any atom is 0.294 e. The van der Waals surface area contributed by atoms with E-state index in [1.165, 1.54) is 31.0 Å². The number of carbonyl (C=O) groups excluding carboxylic acids is 3. The number of hydrogen-bond donors (Lipinski definition) is 1. The Kier molecular flexibility index (Phi) is 9.13. The van der Waals surface area contributed by atoms with Gasteiger partial charge in [0.15, 0.2) is 11.5 Å². The summed E-state index contributed by atoms with van der Waals surface area (Å²) in [5.41, 5.74) is 1.81. The van der Waals surface area contributed by atoms with Crippen LogP contribution in [0, 0.1) is 5.82 Å². The SMILES string of the molecule is COc1cc(/C=C2/SC(=O)N(CC(=O)Nc3cccc(SC)c3)C2=O)cc(Br)c1OCc1cccc(F)c1. The maximum absolute atomic E-state index is 13.5. The molecule has 0 aromatic heterocycles. The maximum atomic E-state index is 13.5. The van der Waals surface area contributed by atoms with E-state index >= 15 is 0 Å². The number of anilines is 1. The number of halogens is 2. The van der Waals surface area contributed by atoms with E-state index < -0.39 is 23.6 Å². The normalized spacial score (nSPS) is 14.2. The van der Waals surface area contributed by atoms with E-state index in [4.69, 9.17) is 9.47 Å². The number of ether oxygens (including phenoxy) is 2. The Morgan fingerprint density at radius 2 is 1.95 bits per heavy atom. The average Bonchev–Trinajstić information content (AvgIpc) is 3.15. The summed E-state index contributed by atoms with van der Waals surface area (Å²) in [5.74, 6) is -0.605. The number of carbonyl (C=O) groups is 3. The summed E-state index contributed by atoms with van der Waals surface area (Å²) >= 11 is 5.75. The van der Waals surface area contributed by atoms with Crippen molar-refractivity contribution in [3.63, 3.8) is 0 Å². The van der Waals surface area contributed by atoms with Crippen molar-refractivity contribution in [1.29, 1.82) is 0 Å². The highest BCUT2D eigenvalue weighted by molar-refractivity contribution is 9.10. The number of methoxy groups -OCH3 is 1. The van der Waals surface area contributed by atoms with Crippen LogP contribution in [0.1, 0.15) is 11.1 Å². The Morgan fingerprint density at radius 3 is 2.68 bits per heavy atom. The van der Waals surface area contributed by atoms with Crippen LogP contribution >= 0.6 is 39.5 Å². The minimum Gasteiger partial charge on any atom is -0.493 e. The minimum atomic E-state index is -0.561. The summed E-state index contributed by atoms with van der Waals surface area (Å²) < 4.78 is 25.3. The van der Waals surface area contributed by atoms with Crippen LogP contribution in [0.25, 0.3) is 6.08 Å². The summed E-state index contributed by atoms with van der Waals surface area (Å²) in [4.78, 5) is 40.0. The molecule has 0 atom stereocenters. The van der Waals surface area contributed by atoms with Crippen molar-refractivity contribution in [2.24, 2.45) is 0 Å². The fourth-order valence-corrected chi connectivity index (χ4v) is 5.45. The third-order valence-corrected chi connectivity index (χ3v) is 7.57. The molecule has 1 fully saturated rings. The lowest BCUT2D eigenvalue weighted by Gasteiger charge is -2.14.